The summed E-state index contributed by atoms with van der Waals surface area (Å²) in [6, 6.07) is 8.96. The van der Waals surface area contributed by atoms with Crippen LogP contribution in [0.3, 0.4) is 0 Å². The van der Waals surface area contributed by atoms with Crippen LogP contribution in [0, 0.1) is 4.64 Å². The maximum Gasteiger partial charge on any atom is 0.134 e. The highest BCUT2D eigenvalue weighted by atomic mass is 32.1. The molecule has 114 valence electrons. The lowest BCUT2D eigenvalue weighted by Gasteiger charge is -2.43. The lowest BCUT2D eigenvalue weighted by atomic mass is 9.61. The normalized spacial score (nSPS) is 18.8. The number of rotatable bonds is 1. The van der Waals surface area contributed by atoms with Crippen LogP contribution in [0.2, 0.25) is 0 Å². The Morgan fingerprint density at radius 1 is 1.18 bits per heavy atom. The Labute approximate surface area is 137 Å². The van der Waals surface area contributed by atoms with Crippen LogP contribution < -0.4 is 0 Å². The van der Waals surface area contributed by atoms with Crippen LogP contribution in [-0.4, -0.2) is 9.97 Å². The van der Waals surface area contributed by atoms with Gasteiger partial charge in [0.2, 0.25) is 0 Å². The summed E-state index contributed by atoms with van der Waals surface area (Å²) in [5, 5.41) is 0. The van der Waals surface area contributed by atoms with E-state index in [1.807, 2.05) is 0 Å². The molecule has 2 aliphatic carbocycles. The Morgan fingerprint density at radius 2 is 1.95 bits per heavy atom. The standard InChI is InChI=1S/C19H22N2S/c1-2-16-20-15-12-13-8-4-5-9-14(13)19(10-6-3-7-11-19)17(15)18(22)21-16/h4-5,8-9H,2-3,6-7,10-12H2,1H3,(H,20,21,22). The van der Waals surface area contributed by atoms with Crippen LogP contribution in [0.25, 0.3) is 0 Å². The minimum atomic E-state index is 0.106. The lowest BCUT2D eigenvalue weighted by molar-refractivity contribution is 0.334. The molecule has 2 aromatic rings. The molecule has 0 saturated heterocycles. The molecule has 1 fully saturated rings. The van der Waals surface area contributed by atoms with Gasteiger partial charge in [-0.15, -0.1) is 0 Å². The van der Waals surface area contributed by atoms with E-state index in [2.05, 4.69) is 41.2 Å². The van der Waals surface area contributed by atoms with E-state index in [0.717, 1.165) is 23.3 Å². The fourth-order valence-corrected chi connectivity index (χ4v) is 4.94. The van der Waals surface area contributed by atoms with Crippen molar-refractivity contribution in [3.63, 3.8) is 0 Å². The van der Waals surface area contributed by atoms with Gasteiger partial charge in [-0.25, -0.2) is 4.98 Å². The van der Waals surface area contributed by atoms with Crippen molar-refractivity contribution in [3.8, 4) is 0 Å². The Hall–Kier alpha value is -1.48. The Morgan fingerprint density at radius 3 is 2.73 bits per heavy atom. The van der Waals surface area contributed by atoms with Gasteiger partial charge in [-0.3, -0.25) is 0 Å². The lowest BCUT2D eigenvalue weighted by Crippen LogP contribution is -2.37. The molecule has 1 saturated carbocycles. The third-order valence-electron chi connectivity index (χ3n) is 5.47. The van der Waals surface area contributed by atoms with Crippen LogP contribution in [0.4, 0.5) is 0 Å². The number of fused-ring (bicyclic) bond motifs is 4. The summed E-state index contributed by atoms with van der Waals surface area (Å²) in [6.07, 6.45) is 8.22. The summed E-state index contributed by atoms with van der Waals surface area (Å²) < 4.78 is 0.835. The van der Waals surface area contributed by atoms with Crippen molar-refractivity contribution < 1.29 is 0 Å². The Balaban J connectivity index is 2.01. The Kier molecular flexibility index (Phi) is 3.41. The van der Waals surface area contributed by atoms with Crippen molar-refractivity contribution in [2.45, 2.75) is 57.3 Å². The SMILES string of the molecule is CCc1nc(=S)c2c([nH]1)Cc1ccccc1C21CCCCC1. The molecule has 0 unspecified atom stereocenters. The van der Waals surface area contributed by atoms with Crippen LogP contribution in [-0.2, 0) is 18.3 Å². The maximum absolute atomic E-state index is 5.74. The van der Waals surface area contributed by atoms with Gasteiger partial charge >= 0.3 is 0 Å². The third-order valence-corrected chi connectivity index (χ3v) is 5.76. The predicted octanol–water partition coefficient (Wildman–Crippen LogP) is 4.86. The highest BCUT2D eigenvalue weighted by Gasteiger charge is 2.42. The zero-order chi connectivity index (χ0) is 15.2. The molecule has 0 amide bonds. The molecule has 4 rings (SSSR count). The molecule has 1 N–H and O–H groups in total. The third kappa shape index (κ3) is 1.98. The number of aromatic nitrogens is 2. The van der Waals surface area contributed by atoms with E-state index in [0.29, 0.717) is 0 Å². The summed E-state index contributed by atoms with van der Waals surface area (Å²) >= 11 is 5.74. The number of aromatic amines is 1. The molecule has 1 aromatic carbocycles. The molecule has 2 aliphatic rings. The molecule has 0 bridgehead atoms. The summed E-state index contributed by atoms with van der Waals surface area (Å²) in [5.74, 6) is 1.02. The molecular weight excluding hydrogens is 288 g/mol. The first kappa shape index (κ1) is 14.1. The molecule has 22 heavy (non-hydrogen) atoms. The number of nitrogens with zero attached hydrogens (tertiary/aromatic N) is 1. The molecule has 3 heteroatoms. The molecule has 1 aromatic heterocycles. The highest BCUT2D eigenvalue weighted by Crippen LogP contribution is 2.50. The molecule has 1 spiro atoms. The van der Waals surface area contributed by atoms with Crippen LogP contribution in [0.5, 0.6) is 0 Å². The average molecular weight is 310 g/mol. The van der Waals surface area contributed by atoms with E-state index >= 15 is 0 Å². The second kappa shape index (κ2) is 5.31. The van der Waals surface area contributed by atoms with E-state index in [1.165, 1.54) is 54.5 Å². The first-order chi connectivity index (χ1) is 10.7. The van der Waals surface area contributed by atoms with Crippen LogP contribution in [0.1, 0.15) is 67.2 Å². The zero-order valence-electron chi connectivity index (χ0n) is 13.1. The predicted molar refractivity (Wildman–Crippen MR) is 91.9 cm³/mol. The number of aryl methyl sites for hydroxylation is 1. The molecule has 2 nitrogen and oxygen atoms in total. The number of benzene rings is 1. The van der Waals surface area contributed by atoms with Crippen molar-refractivity contribution >= 4 is 12.2 Å². The summed E-state index contributed by atoms with van der Waals surface area (Å²) in [5.41, 5.74) is 5.73. The van der Waals surface area contributed by atoms with Gasteiger partial charge in [0, 0.05) is 29.5 Å². The van der Waals surface area contributed by atoms with Gasteiger partial charge in [0.25, 0.3) is 0 Å². The zero-order valence-corrected chi connectivity index (χ0v) is 13.9. The van der Waals surface area contributed by atoms with Gasteiger partial charge in [-0.05, 0) is 24.0 Å². The van der Waals surface area contributed by atoms with Crippen LogP contribution in [0.15, 0.2) is 24.3 Å². The van der Waals surface area contributed by atoms with E-state index in [4.69, 9.17) is 12.2 Å². The van der Waals surface area contributed by atoms with E-state index in [-0.39, 0.29) is 5.41 Å². The molecule has 0 atom stereocenters. The number of H-pyrrole nitrogens is 1. The molecule has 0 radical (unpaired) electrons. The van der Waals surface area contributed by atoms with E-state index in [9.17, 15) is 0 Å². The van der Waals surface area contributed by atoms with Crippen molar-refractivity contribution in [1.29, 1.82) is 0 Å². The van der Waals surface area contributed by atoms with Gasteiger partial charge in [0.15, 0.2) is 0 Å². The van der Waals surface area contributed by atoms with Crippen molar-refractivity contribution in [1.82, 2.24) is 9.97 Å². The van der Waals surface area contributed by atoms with E-state index < -0.39 is 0 Å². The van der Waals surface area contributed by atoms with Gasteiger partial charge in [-0.2, -0.15) is 0 Å². The van der Waals surface area contributed by atoms with E-state index in [1.54, 1.807) is 0 Å². The second-order valence-corrected chi connectivity index (χ2v) is 7.06. The minimum Gasteiger partial charge on any atom is -0.347 e. The summed E-state index contributed by atoms with van der Waals surface area (Å²) in [6.45, 7) is 2.13. The van der Waals surface area contributed by atoms with Gasteiger partial charge < -0.3 is 4.98 Å². The fourth-order valence-electron chi connectivity index (χ4n) is 4.51. The van der Waals surface area contributed by atoms with Crippen molar-refractivity contribution in [3.05, 3.63) is 57.1 Å². The first-order valence-electron chi connectivity index (χ1n) is 8.45. The highest BCUT2D eigenvalue weighted by molar-refractivity contribution is 7.71. The Bertz CT molecular complexity index is 769. The van der Waals surface area contributed by atoms with Gasteiger partial charge in [-0.1, -0.05) is 62.7 Å². The first-order valence-corrected chi connectivity index (χ1v) is 8.86. The van der Waals surface area contributed by atoms with Crippen LogP contribution >= 0.6 is 12.2 Å². The molecule has 0 aliphatic heterocycles. The summed E-state index contributed by atoms with van der Waals surface area (Å²) in [7, 11) is 0. The monoisotopic (exact) mass is 310 g/mol. The maximum atomic E-state index is 5.74. The smallest absolute Gasteiger partial charge is 0.134 e. The van der Waals surface area contributed by atoms with Crippen molar-refractivity contribution in [2.24, 2.45) is 0 Å². The molecule has 1 heterocycles. The second-order valence-electron chi connectivity index (χ2n) is 6.67. The average Bonchev–Trinajstić information content (AvgIpc) is 2.55. The topological polar surface area (TPSA) is 28.7 Å². The summed E-state index contributed by atoms with van der Waals surface area (Å²) in [4.78, 5) is 8.28. The van der Waals surface area contributed by atoms with Crippen molar-refractivity contribution in [2.75, 3.05) is 0 Å². The van der Waals surface area contributed by atoms with Gasteiger partial charge in [0.1, 0.15) is 10.5 Å². The van der Waals surface area contributed by atoms with Gasteiger partial charge in [0.05, 0.1) is 0 Å². The number of hydrogen-bond acceptors (Lipinski definition) is 2. The minimum absolute atomic E-state index is 0.106. The number of nitrogens with one attached hydrogen (secondary N) is 1. The fraction of sp³-hybridized carbons (Fsp3) is 0.474. The molecular formula is C19H22N2S. The number of hydrogen-bond donors (Lipinski definition) is 1. The largest absolute Gasteiger partial charge is 0.347 e. The quantitative estimate of drug-likeness (QED) is 0.762.